The van der Waals surface area contributed by atoms with E-state index in [1.165, 1.54) is 462 Å². The Morgan fingerprint density at radius 1 is 0.190 bits per heavy atom. The fourth-order valence-corrected chi connectivity index (χ4v) is 19.5. The van der Waals surface area contributed by atoms with Crippen LogP contribution < -0.4 is 37.9 Å². The lowest BCUT2D eigenvalue weighted by atomic mass is 10.0. The number of esters is 2. The molecule has 6 rings (SSSR count). The highest BCUT2D eigenvalue weighted by Crippen LogP contribution is 2.43. The molecule has 16 nitrogen and oxygen atoms in total. The van der Waals surface area contributed by atoms with Crippen molar-refractivity contribution in [1.29, 1.82) is 0 Å². The molecule has 0 unspecified atom stereocenters. The van der Waals surface area contributed by atoms with Gasteiger partial charge in [-0.1, -0.05) is 542 Å². The molecule has 0 atom stereocenters. The molecule has 0 radical (unpaired) electrons. The highest BCUT2D eigenvalue weighted by molar-refractivity contribution is 5.93. The predicted octanol–water partition coefficient (Wildman–Crippen LogP) is 41.1. The minimum atomic E-state index is -0.539. The van der Waals surface area contributed by atoms with Crippen LogP contribution in [0.3, 0.4) is 0 Å². The topological polar surface area (TPSA) is 186 Å². The second-order valence-electron chi connectivity index (χ2n) is 41.9. The van der Waals surface area contributed by atoms with Crippen LogP contribution in [0.15, 0.2) is 81.6 Å². The Hall–Kier alpha value is -7.10. The number of carbonyl (C=O) groups is 2. The third-order valence-corrected chi connectivity index (χ3v) is 28.7. The maximum atomic E-state index is 14.5. The minimum Gasteiger partial charge on any atom is -0.490 e. The van der Waals surface area contributed by atoms with Gasteiger partial charge >= 0.3 is 23.7 Å². The highest BCUT2D eigenvalue weighted by atomic mass is 16.6. The van der Waals surface area contributed by atoms with Gasteiger partial charge in [0.05, 0.1) is 50.8 Å². The van der Waals surface area contributed by atoms with Crippen molar-refractivity contribution in [1.82, 2.24) is 20.4 Å². The van der Waals surface area contributed by atoms with Crippen LogP contribution in [0.1, 0.15) is 602 Å². The van der Waals surface area contributed by atoms with Crippen molar-refractivity contribution >= 4 is 11.9 Å². The SMILES string of the molecule is CCCCCCCCCCCCCCCCOc1cc(C(=O)Oc2ccc(-c3nnc(-c4nnc(-c5ccc(OC(=O)c6cc(OCCCCCCCCCCCCCCCC)c(OCCCCCCCCCCCCCCCC)c(OCCCCCCCCCCCCCCCC)c6)cc5)o4)o3)cc2)cc(OCCCCCCCCCCCCCCCC)c1OCCCCCCCCCCCCCCCC. The zero-order valence-electron chi connectivity index (χ0n) is 92.3. The Balaban J connectivity index is 1.11. The summed E-state index contributed by atoms with van der Waals surface area (Å²) in [6.45, 7) is 16.8. The average Bonchev–Trinajstić information content (AvgIpc) is 1.69. The van der Waals surface area contributed by atoms with Crippen molar-refractivity contribution < 1.29 is 56.3 Å². The molecule has 0 aliphatic heterocycles. The van der Waals surface area contributed by atoms with Crippen molar-refractivity contribution in [2.45, 2.75) is 581 Å². The van der Waals surface area contributed by atoms with E-state index in [4.69, 9.17) is 46.7 Å². The monoisotopic (exact) mass is 1970 g/mol. The molecule has 4 aromatic carbocycles. The van der Waals surface area contributed by atoms with Crippen LogP contribution >= 0.6 is 0 Å². The number of carbonyl (C=O) groups excluding carboxylic acids is 2. The standard InChI is InChI=1S/C126H210N4O12/c1-7-13-19-25-31-37-43-49-55-61-67-73-79-85-99-133-115-105-111(106-116(134-100-86-80-74-68-62-56-50-44-38-32-26-20-14-8-2)119(115)137-103-89-83-77-71-65-59-53-47-41-35-29-23-17-11-5)125(131)139-113-95-91-109(92-96-113)121-127-129-123(141-121)124-130-128-122(142-124)110-93-97-114(98-94-110)140-126(132)112-107-117(135-101-87-81-75-69-63-57-51-45-39-33-27-21-15-9-3)120(138-104-90-84-78-72-66-60-54-48-42-36-30-24-18-12-6)118(108-112)136-102-88-82-76-70-64-58-52-46-40-34-28-22-16-10-4/h91-98,105-108H,7-90,99-104H2,1-6H3. The third-order valence-electron chi connectivity index (χ3n) is 28.7. The van der Waals surface area contributed by atoms with Crippen LogP contribution in [0.25, 0.3) is 34.7 Å². The number of aromatic nitrogens is 4. The van der Waals surface area contributed by atoms with Gasteiger partial charge in [-0.3, -0.25) is 0 Å². The summed E-state index contributed by atoms with van der Waals surface area (Å²) < 4.78 is 65.0. The lowest BCUT2D eigenvalue weighted by Crippen LogP contribution is -2.12. The molecule has 0 fully saturated rings. The number of unbranched alkanes of at least 4 members (excludes halogenated alkanes) is 78. The number of rotatable bonds is 103. The summed E-state index contributed by atoms with van der Waals surface area (Å²) >= 11 is 0. The summed E-state index contributed by atoms with van der Waals surface area (Å²) in [6.07, 6.45) is 108. The largest absolute Gasteiger partial charge is 0.490 e. The summed E-state index contributed by atoms with van der Waals surface area (Å²) in [6, 6.07) is 21.1. The van der Waals surface area contributed by atoms with Crippen LogP contribution in [-0.4, -0.2) is 72.0 Å². The molecule has 0 N–H and O–H groups in total. The maximum absolute atomic E-state index is 14.5. The maximum Gasteiger partial charge on any atom is 0.343 e. The Kier molecular flexibility index (Phi) is 77.6. The van der Waals surface area contributed by atoms with E-state index in [1.54, 1.807) is 72.8 Å². The van der Waals surface area contributed by atoms with Crippen molar-refractivity contribution in [2.24, 2.45) is 0 Å². The number of ether oxygens (including phenoxy) is 8. The van der Waals surface area contributed by atoms with E-state index in [2.05, 4.69) is 61.9 Å². The summed E-state index contributed by atoms with van der Waals surface area (Å²) in [4.78, 5) is 29.1. The number of hydrogen-bond acceptors (Lipinski definition) is 16. The van der Waals surface area contributed by atoms with E-state index in [0.29, 0.717) is 108 Å². The zero-order valence-corrected chi connectivity index (χ0v) is 92.3. The quantitative estimate of drug-likeness (QED) is 0.0199. The second kappa shape index (κ2) is 89.1. The molecule has 0 bridgehead atoms. The number of nitrogens with zero attached hydrogens (tertiary/aromatic N) is 4. The van der Waals surface area contributed by atoms with Crippen LogP contribution in [0.5, 0.6) is 46.0 Å². The lowest BCUT2D eigenvalue weighted by Gasteiger charge is -2.19. The summed E-state index contributed by atoms with van der Waals surface area (Å²) in [5, 5.41) is 17.4. The van der Waals surface area contributed by atoms with Gasteiger partial charge in [0.1, 0.15) is 11.5 Å². The fraction of sp³-hybridized carbons (Fsp3) is 0.762. The van der Waals surface area contributed by atoms with Gasteiger partial charge in [0.2, 0.25) is 23.3 Å². The third kappa shape index (κ3) is 62.1. The molecule has 0 saturated heterocycles. The van der Waals surface area contributed by atoms with Gasteiger partial charge in [0.15, 0.2) is 23.0 Å². The molecule has 16 heteroatoms. The predicted molar refractivity (Wildman–Crippen MR) is 596 cm³/mol. The number of benzene rings is 4. The van der Waals surface area contributed by atoms with Crippen LogP contribution in [0, 0.1) is 0 Å². The summed E-state index contributed by atoms with van der Waals surface area (Å²) in [7, 11) is 0. The first-order valence-corrected chi connectivity index (χ1v) is 60.7. The van der Waals surface area contributed by atoms with Gasteiger partial charge < -0.3 is 46.7 Å². The first kappa shape index (κ1) is 124. The van der Waals surface area contributed by atoms with Crippen molar-refractivity contribution in [3.63, 3.8) is 0 Å². The van der Waals surface area contributed by atoms with Crippen molar-refractivity contribution in [3.05, 3.63) is 83.9 Å². The molecule has 0 amide bonds. The van der Waals surface area contributed by atoms with E-state index < -0.39 is 11.9 Å². The molecule has 6 aromatic rings. The minimum absolute atomic E-state index is 0.0312. The Morgan fingerprint density at radius 3 is 0.507 bits per heavy atom. The fourth-order valence-electron chi connectivity index (χ4n) is 19.5. The molecule has 0 spiro atoms. The lowest BCUT2D eigenvalue weighted by molar-refractivity contribution is 0.0724. The molecule has 0 aliphatic rings. The van der Waals surface area contributed by atoms with Gasteiger partial charge in [-0.2, -0.15) is 0 Å². The molecule has 142 heavy (non-hydrogen) atoms. The Labute approximate surface area is 868 Å². The average molecular weight is 1970 g/mol. The summed E-state index contributed by atoms with van der Waals surface area (Å²) in [5.74, 6) is 3.27. The summed E-state index contributed by atoms with van der Waals surface area (Å²) in [5.41, 5.74) is 1.83. The van der Waals surface area contributed by atoms with Gasteiger partial charge in [-0.05, 0) is 111 Å². The van der Waals surface area contributed by atoms with Gasteiger partial charge in [0, 0.05) is 11.1 Å². The number of hydrogen-bond donors (Lipinski definition) is 0. The van der Waals surface area contributed by atoms with Crippen LogP contribution in [0.2, 0.25) is 0 Å². The molecule has 2 aromatic heterocycles. The normalized spacial score (nSPS) is 11.5. The molecule has 2 heterocycles. The first-order valence-electron chi connectivity index (χ1n) is 60.7. The highest BCUT2D eigenvalue weighted by Gasteiger charge is 2.25. The van der Waals surface area contributed by atoms with E-state index in [-0.39, 0.29) is 23.6 Å². The van der Waals surface area contributed by atoms with Crippen LogP contribution in [0.4, 0.5) is 0 Å². The molecular formula is C126H210N4O12. The molecular weight excluding hydrogens is 1760 g/mol. The van der Waals surface area contributed by atoms with Gasteiger partial charge in [-0.15, -0.1) is 20.4 Å². The Bertz CT molecular complexity index is 3520. The van der Waals surface area contributed by atoms with Crippen molar-refractivity contribution in [2.75, 3.05) is 39.6 Å². The van der Waals surface area contributed by atoms with Gasteiger partial charge in [0.25, 0.3) is 0 Å². The van der Waals surface area contributed by atoms with Crippen LogP contribution in [-0.2, 0) is 0 Å². The second-order valence-corrected chi connectivity index (χ2v) is 41.9. The van der Waals surface area contributed by atoms with E-state index >= 15 is 0 Å². The smallest absolute Gasteiger partial charge is 0.343 e. The zero-order chi connectivity index (χ0) is 100. The first-order chi connectivity index (χ1) is 70.3. The molecule has 0 aliphatic carbocycles. The molecule has 0 saturated carbocycles. The van der Waals surface area contributed by atoms with Gasteiger partial charge in [-0.25, -0.2) is 9.59 Å². The Morgan fingerprint density at radius 2 is 0.338 bits per heavy atom. The van der Waals surface area contributed by atoms with E-state index in [9.17, 15) is 9.59 Å². The molecule has 806 valence electrons. The van der Waals surface area contributed by atoms with Crippen molar-refractivity contribution in [3.8, 4) is 80.7 Å². The van der Waals surface area contributed by atoms with E-state index in [0.717, 1.165) is 77.0 Å². The van der Waals surface area contributed by atoms with E-state index in [1.807, 2.05) is 0 Å².